The molecule has 3 aromatic carbocycles. The van der Waals surface area contributed by atoms with E-state index in [2.05, 4.69) is 44.2 Å². The molecule has 1 heteroatoms. The zero-order valence-electron chi connectivity index (χ0n) is 13.2. The lowest BCUT2D eigenvalue weighted by Gasteiger charge is -2.17. The lowest BCUT2D eigenvalue weighted by Crippen LogP contribution is -1.92. The second-order valence-electron chi connectivity index (χ2n) is 5.78. The molecule has 0 atom stereocenters. The Hall–Kier alpha value is -2.54. The van der Waals surface area contributed by atoms with Gasteiger partial charge in [-0.2, -0.15) is 0 Å². The van der Waals surface area contributed by atoms with Crippen molar-refractivity contribution >= 4 is 0 Å². The molecule has 3 aromatic rings. The van der Waals surface area contributed by atoms with Crippen molar-refractivity contribution in [2.75, 3.05) is 0 Å². The van der Waals surface area contributed by atoms with E-state index >= 15 is 0 Å². The Bertz CT molecular complexity index is 831. The zero-order valence-corrected chi connectivity index (χ0v) is 13.2. The molecule has 0 radical (unpaired) electrons. The van der Waals surface area contributed by atoms with Crippen molar-refractivity contribution < 1.29 is 5.11 Å². The van der Waals surface area contributed by atoms with Crippen LogP contribution in [0.4, 0.5) is 0 Å². The first-order valence-electron chi connectivity index (χ1n) is 7.54. The van der Waals surface area contributed by atoms with Gasteiger partial charge in [0.1, 0.15) is 5.75 Å². The van der Waals surface area contributed by atoms with Crippen LogP contribution in [0.5, 0.6) is 5.75 Å². The fourth-order valence-electron chi connectivity index (χ4n) is 2.92. The topological polar surface area (TPSA) is 20.2 Å². The molecule has 0 saturated heterocycles. The largest absolute Gasteiger partial charge is 0.507 e. The van der Waals surface area contributed by atoms with Crippen molar-refractivity contribution in [3.63, 3.8) is 0 Å². The lowest BCUT2D eigenvalue weighted by atomic mass is 9.88. The fraction of sp³-hybridized carbons (Fsp3) is 0.143. The van der Waals surface area contributed by atoms with E-state index in [1.807, 2.05) is 37.3 Å². The van der Waals surface area contributed by atoms with Crippen molar-refractivity contribution in [1.82, 2.24) is 0 Å². The van der Waals surface area contributed by atoms with Gasteiger partial charge in [-0.05, 0) is 54.2 Å². The second kappa shape index (κ2) is 5.69. The molecule has 0 heterocycles. The summed E-state index contributed by atoms with van der Waals surface area (Å²) in [5.74, 6) is 0.370. The number of rotatable bonds is 2. The zero-order chi connectivity index (χ0) is 15.7. The van der Waals surface area contributed by atoms with Gasteiger partial charge >= 0.3 is 0 Å². The predicted octanol–water partition coefficient (Wildman–Crippen LogP) is 5.65. The van der Waals surface area contributed by atoms with Gasteiger partial charge in [-0.3, -0.25) is 0 Å². The van der Waals surface area contributed by atoms with Crippen molar-refractivity contribution in [2.45, 2.75) is 20.8 Å². The molecule has 1 nitrogen and oxygen atoms in total. The number of benzene rings is 3. The SMILES string of the molecule is Cc1ccccc1-c1ccc(C)c(O)c1-c1ccccc1C. The number of aryl methyl sites for hydroxylation is 3. The highest BCUT2D eigenvalue weighted by Gasteiger charge is 2.16. The van der Waals surface area contributed by atoms with Crippen LogP contribution in [-0.2, 0) is 0 Å². The van der Waals surface area contributed by atoms with Crippen LogP contribution in [0.15, 0.2) is 60.7 Å². The first-order valence-corrected chi connectivity index (χ1v) is 7.54. The van der Waals surface area contributed by atoms with Crippen molar-refractivity contribution in [1.29, 1.82) is 0 Å². The molecule has 1 N–H and O–H groups in total. The third-order valence-corrected chi connectivity index (χ3v) is 4.23. The van der Waals surface area contributed by atoms with Gasteiger partial charge < -0.3 is 5.11 Å². The van der Waals surface area contributed by atoms with E-state index in [1.54, 1.807) is 0 Å². The molecule has 110 valence electrons. The van der Waals surface area contributed by atoms with Gasteiger partial charge in [-0.1, -0.05) is 60.7 Å². The van der Waals surface area contributed by atoms with Crippen LogP contribution < -0.4 is 0 Å². The molecule has 0 saturated carbocycles. The quantitative estimate of drug-likeness (QED) is 0.646. The molecule has 3 rings (SSSR count). The minimum atomic E-state index is 0.370. The van der Waals surface area contributed by atoms with E-state index in [1.165, 1.54) is 11.1 Å². The molecule has 0 aliphatic carbocycles. The summed E-state index contributed by atoms with van der Waals surface area (Å²) in [5.41, 5.74) is 7.52. The summed E-state index contributed by atoms with van der Waals surface area (Å²) >= 11 is 0. The van der Waals surface area contributed by atoms with E-state index in [0.29, 0.717) is 5.75 Å². The van der Waals surface area contributed by atoms with Gasteiger partial charge in [-0.25, -0.2) is 0 Å². The smallest absolute Gasteiger partial charge is 0.126 e. The van der Waals surface area contributed by atoms with E-state index in [0.717, 1.165) is 27.8 Å². The van der Waals surface area contributed by atoms with Crippen molar-refractivity contribution in [3.8, 4) is 28.0 Å². The standard InChI is InChI=1S/C21H20O/c1-14-8-4-6-10-17(14)19-13-12-16(3)21(22)20(19)18-11-7-5-9-15(18)2/h4-13,22H,1-3H3. The Balaban J connectivity index is 2.36. The molecule has 0 aromatic heterocycles. The minimum Gasteiger partial charge on any atom is -0.507 e. The minimum absolute atomic E-state index is 0.370. The molecule has 0 aliphatic rings. The number of hydrogen-bond donors (Lipinski definition) is 1. The van der Waals surface area contributed by atoms with E-state index in [4.69, 9.17) is 0 Å². The molecule has 22 heavy (non-hydrogen) atoms. The van der Waals surface area contributed by atoms with Crippen LogP contribution in [0.3, 0.4) is 0 Å². The van der Waals surface area contributed by atoms with Gasteiger partial charge in [-0.15, -0.1) is 0 Å². The average molecular weight is 288 g/mol. The van der Waals surface area contributed by atoms with E-state index < -0.39 is 0 Å². The van der Waals surface area contributed by atoms with Gasteiger partial charge in [0.15, 0.2) is 0 Å². The van der Waals surface area contributed by atoms with Gasteiger partial charge in [0.25, 0.3) is 0 Å². The summed E-state index contributed by atoms with van der Waals surface area (Å²) in [7, 11) is 0. The van der Waals surface area contributed by atoms with Crippen molar-refractivity contribution in [2.24, 2.45) is 0 Å². The lowest BCUT2D eigenvalue weighted by molar-refractivity contribution is 0.473. The molecule has 0 unspecified atom stereocenters. The van der Waals surface area contributed by atoms with Gasteiger partial charge in [0.05, 0.1) is 0 Å². The highest BCUT2D eigenvalue weighted by atomic mass is 16.3. The normalized spacial score (nSPS) is 10.7. The van der Waals surface area contributed by atoms with Crippen LogP contribution in [0.2, 0.25) is 0 Å². The number of hydrogen-bond acceptors (Lipinski definition) is 1. The summed E-state index contributed by atoms with van der Waals surface area (Å²) in [6.07, 6.45) is 0. The van der Waals surface area contributed by atoms with E-state index in [9.17, 15) is 5.11 Å². The Morgan fingerprint density at radius 1 is 0.545 bits per heavy atom. The fourth-order valence-corrected chi connectivity index (χ4v) is 2.92. The van der Waals surface area contributed by atoms with Crippen LogP contribution in [0, 0.1) is 20.8 Å². The summed E-state index contributed by atoms with van der Waals surface area (Å²) in [6.45, 7) is 6.13. The molecule has 0 bridgehead atoms. The van der Waals surface area contributed by atoms with Gasteiger partial charge in [0, 0.05) is 5.56 Å². The number of aromatic hydroxyl groups is 1. The predicted molar refractivity (Wildman–Crippen MR) is 93.2 cm³/mol. The van der Waals surface area contributed by atoms with Crippen LogP contribution in [0.25, 0.3) is 22.3 Å². The van der Waals surface area contributed by atoms with Crippen molar-refractivity contribution in [3.05, 3.63) is 77.4 Å². The Kier molecular flexibility index (Phi) is 3.72. The van der Waals surface area contributed by atoms with Crippen LogP contribution in [-0.4, -0.2) is 5.11 Å². The molecule has 0 fully saturated rings. The highest BCUT2D eigenvalue weighted by Crippen LogP contribution is 2.42. The second-order valence-corrected chi connectivity index (χ2v) is 5.78. The monoisotopic (exact) mass is 288 g/mol. The Labute approximate surface area is 131 Å². The molecular formula is C21H20O. The highest BCUT2D eigenvalue weighted by molar-refractivity contribution is 5.90. The summed E-state index contributed by atoms with van der Waals surface area (Å²) in [5, 5.41) is 10.7. The molecule has 0 spiro atoms. The third-order valence-electron chi connectivity index (χ3n) is 4.23. The molecule has 0 amide bonds. The summed E-state index contributed by atoms with van der Waals surface area (Å²) < 4.78 is 0. The first kappa shape index (κ1) is 14.4. The van der Waals surface area contributed by atoms with E-state index in [-0.39, 0.29) is 0 Å². The average Bonchev–Trinajstić information content (AvgIpc) is 2.52. The maximum absolute atomic E-state index is 10.7. The maximum atomic E-state index is 10.7. The van der Waals surface area contributed by atoms with Crippen LogP contribution in [0.1, 0.15) is 16.7 Å². The number of phenols is 1. The molecular weight excluding hydrogens is 268 g/mol. The summed E-state index contributed by atoms with van der Waals surface area (Å²) in [4.78, 5) is 0. The summed E-state index contributed by atoms with van der Waals surface area (Å²) in [6, 6.07) is 20.6. The molecule has 0 aliphatic heterocycles. The maximum Gasteiger partial charge on any atom is 0.126 e. The Morgan fingerprint density at radius 2 is 1.09 bits per heavy atom. The first-order chi connectivity index (χ1) is 10.6. The van der Waals surface area contributed by atoms with Gasteiger partial charge in [0.2, 0.25) is 0 Å². The third kappa shape index (κ3) is 2.39. The number of phenolic OH excluding ortho intramolecular Hbond substituents is 1. The Morgan fingerprint density at radius 3 is 1.68 bits per heavy atom. The van der Waals surface area contributed by atoms with Crippen LogP contribution >= 0.6 is 0 Å².